The number of carbonyl (C=O) groups is 1. The molecule has 20 heavy (non-hydrogen) atoms. The molecule has 0 bridgehead atoms. The predicted octanol–water partition coefficient (Wildman–Crippen LogP) is 2.09. The lowest BCUT2D eigenvalue weighted by molar-refractivity contribution is -0.129. The molecule has 1 fully saturated rings. The van der Waals surface area contributed by atoms with Gasteiger partial charge < -0.3 is 10.6 Å². The van der Waals surface area contributed by atoms with E-state index in [1.54, 1.807) is 0 Å². The van der Waals surface area contributed by atoms with E-state index in [1.807, 2.05) is 4.90 Å². The Kier molecular flexibility index (Phi) is 5.06. The van der Waals surface area contributed by atoms with Crippen molar-refractivity contribution in [3.05, 3.63) is 34.9 Å². The van der Waals surface area contributed by atoms with Crippen molar-refractivity contribution in [2.75, 3.05) is 13.1 Å². The number of rotatable bonds is 2. The maximum atomic E-state index is 12.2. The summed E-state index contributed by atoms with van der Waals surface area (Å²) >= 11 is 0. The van der Waals surface area contributed by atoms with Crippen LogP contribution in [0.3, 0.4) is 0 Å². The average Bonchev–Trinajstić information content (AvgIpc) is 2.85. The summed E-state index contributed by atoms with van der Waals surface area (Å²) < 4.78 is 0. The van der Waals surface area contributed by atoms with Crippen molar-refractivity contribution in [3.8, 4) is 0 Å². The summed E-state index contributed by atoms with van der Waals surface area (Å²) in [4.78, 5) is 14.1. The molecular weight excluding hydrogens is 272 g/mol. The third kappa shape index (κ3) is 3.33. The Hall–Kier alpha value is -1.06. The largest absolute Gasteiger partial charge is 0.341 e. The summed E-state index contributed by atoms with van der Waals surface area (Å²) in [6, 6.07) is 6.75. The van der Waals surface area contributed by atoms with Gasteiger partial charge in [-0.2, -0.15) is 0 Å². The fourth-order valence-corrected chi connectivity index (χ4v) is 3.20. The Bertz CT molecular complexity index is 489. The molecule has 1 aliphatic carbocycles. The molecule has 110 valence electrons. The van der Waals surface area contributed by atoms with E-state index < -0.39 is 0 Å². The van der Waals surface area contributed by atoms with Gasteiger partial charge in [-0.1, -0.05) is 18.2 Å². The standard InChI is InChI=1S/C16H22N2O.ClH/c17-15-7-8-18(11-15)16(19)10-12-5-6-13-3-1-2-4-14(13)9-12;/h5-6,9,15H,1-4,7-8,10-11,17H2;1H/t15-;/m1./s1. The molecule has 3 nitrogen and oxygen atoms in total. The number of aryl methyl sites for hydroxylation is 2. The molecular formula is C16H23ClN2O. The molecule has 1 saturated heterocycles. The number of amides is 1. The van der Waals surface area contributed by atoms with Gasteiger partial charge in [-0.3, -0.25) is 4.79 Å². The van der Waals surface area contributed by atoms with Gasteiger partial charge in [-0.15, -0.1) is 12.4 Å². The zero-order chi connectivity index (χ0) is 13.2. The maximum absolute atomic E-state index is 12.2. The Balaban J connectivity index is 0.00000147. The molecule has 4 heteroatoms. The molecule has 3 rings (SSSR count). The van der Waals surface area contributed by atoms with Crippen LogP contribution in [0.2, 0.25) is 0 Å². The molecule has 1 aliphatic heterocycles. The highest BCUT2D eigenvalue weighted by Gasteiger charge is 2.23. The molecule has 1 heterocycles. The molecule has 0 spiro atoms. The summed E-state index contributed by atoms with van der Waals surface area (Å²) in [7, 11) is 0. The molecule has 2 N–H and O–H groups in total. The topological polar surface area (TPSA) is 46.3 Å². The summed E-state index contributed by atoms with van der Waals surface area (Å²) in [5.41, 5.74) is 9.94. The monoisotopic (exact) mass is 294 g/mol. The summed E-state index contributed by atoms with van der Waals surface area (Å²) in [6.07, 6.45) is 6.43. The van der Waals surface area contributed by atoms with Crippen LogP contribution >= 0.6 is 12.4 Å². The van der Waals surface area contributed by atoms with Crippen LogP contribution in [0.1, 0.15) is 36.0 Å². The highest BCUT2D eigenvalue weighted by atomic mass is 35.5. The smallest absolute Gasteiger partial charge is 0.227 e. The highest BCUT2D eigenvalue weighted by Crippen LogP contribution is 2.22. The number of nitrogens with zero attached hydrogens (tertiary/aromatic N) is 1. The van der Waals surface area contributed by atoms with Crippen LogP contribution in [0.5, 0.6) is 0 Å². The van der Waals surface area contributed by atoms with Crippen LogP contribution < -0.4 is 5.73 Å². The fraction of sp³-hybridized carbons (Fsp3) is 0.562. The van der Waals surface area contributed by atoms with Crippen LogP contribution in [-0.4, -0.2) is 29.9 Å². The van der Waals surface area contributed by atoms with Crippen LogP contribution in [0.25, 0.3) is 0 Å². The van der Waals surface area contributed by atoms with Crippen LogP contribution in [-0.2, 0) is 24.1 Å². The lowest BCUT2D eigenvalue weighted by Gasteiger charge is -2.18. The number of fused-ring (bicyclic) bond motifs is 1. The van der Waals surface area contributed by atoms with Gasteiger partial charge in [-0.05, 0) is 48.8 Å². The minimum Gasteiger partial charge on any atom is -0.341 e. The van der Waals surface area contributed by atoms with E-state index in [2.05, 4.69) is 18.2 Å². The second-order valence-corrected chi connectivity index (χ2v) is 5.88. The van der Waals surface area contributed by atoms with Crippen molar-refractivity contribution < 1.29 is 4.79 Å². The molecule has 1 atom stereocenters. The molecule has 0 unspecified atom stereocenters. The number of nitrogens with two attached hydrogens (primary N) is 1. The molecule has 0 aromatic heterocycles. The van der Waals surface area contributed by atoms with Crippen LogP contribution in [0.15, 0.2) is 18.2 Å². The number of carbonyl (C=O) groups excluding carboxylic acids is 1. The molecule has 1 amide bonds. The first-order chi connectivity index (χ1) is 9.22. The number of likely N-dealkylation sites (tertiary alicyclic amines) is 1. The van der Waals surface area contributed by atoms with Crippen LogP contribution in [0, 0.1) is 0 Å². The van der Waals surface area contributed by atoms with E-state index in [0.29, 0.717) is 6.42 Å². The third-order valence-electron chi connectivity index (χ3n) is 4.35. The number of benzene rings is 1. The predicted molar refractivity (Wildman–Crippen MR) is 83.2 cm³/mol. The molecule has 1 aromatic rings. The first kappa shape index (κ1) is 15.3. The Morgan fingerprint density at radius 2 is 2.00 bits per heavy atom. The SMILES string of the molecule is Cl.N[C@@H]1CCN(C(=O)Cc2ccc3c(c2)CCCC3)C1. The van der Waals surface area contributed by atoms with Crippen molar-refractivity contribution in [1.29, 1.82) is 0 Å². The third-order valence-corrected chi connectivity index (χ3v) is 4.35. The minimum absolute atomic E-state index is 0. The number of hydrogen-bond acceptors (Lipinski definition) is 2. The fourth-order valence-electron chi connectivity index (χ4n) is 3.20. The Morgan fingerprint density at radius 1 is 1.25 bits per heavy atom. The van der Waals surface area contributed by atoms with Gasteiger partial charge in [0.25, 0.3) is 0 Å². The maximum Gasteiger partial charge on any atom is 0.227 e. The van der Waals surface area contributed by atoms with Crippen molar-refractivity contribution in [2.24, 2.45) is 5.73 Å². The van der Waals surface area contributed by atoms with Crippen LogP contribution in [0.4, 0.5) is 0 Å². The zero-order valence-corrected chi connectivity index (χ0v) is 12.6. The van der Waals surface area contributed by atoms with Gasteiger partial charge >= 0.3 is 0 Å². The van der Waals surface area contributed by atoms with E-state index in [4.69, 9.17) is 5.73 Å². The molecule has 0 radical (unpaired) electrons. The van der Waals surface area contributed by atoms with Gasteiger partial charge in [0.15, 0.2) is 0 Å². The number of hydrogen-bond donors (Lipinski definition) is 1. The van der Waals surface area contributed by atoms with E-state index in [9.17, 15) is 4.79 Å². The van der Waals surface area contributed by atoms with Gasteiger partial charge in [0.2, 0.25) is 5.91 Å². The Morgan fingerprint density at radius 3 is 2.70 bits per heavy atom. The lowest BCUT2D eigenvalue weighted by atomic mass is 9.90. The summed E-state index contributed by atoms with van der Waals surface area (Å²) in [5, 5.41) is 0. The Labute approximate surface area is 126 Å². The summed E-state index contributed by atoms with van der Waals surface area (Å²) in [5.74, 6) is 0.226. The first-order valence-electron chi connectivity index (χ1n) is 7.36. The second-order valence-electron chi connectivity index (χ2n) is 5.88. The lowest BCUT2D eigenvalue weighted by Crippen LogP contribution is -2.32. The van der Waals surface area contributed by atoms with Crippen molar-refractivity contribution >= 4 is 18.3 Å². The first-order valence-corrected chi connectivity index (χ1v) is 7.36. The average molecular weight is 295 g/mol. The molecule has 0 saturated carbocycles. The van der Waals surface area contributed by atoms with Gasteiger partial charge in [0, 0.05) is 19.1 Å². The highest BCUT2D eigenvalue weighted by molar-refractivity contribution is 5.85. The minimum atomic E-state index is 0. The molecule has 2 aliphatic rings. The van der Waals surface area contributed by atoms with Gasteiger partial charge in [0.1, 0.15) is 0 Å². The van der Waals surface area contributed by atoms with E-state index in [-0.39, 0.29) is 24.4 Å². The van der Waals surface area contributed by atoms with E-state index in [0.717, 1.165) is 25.1 Å². The zero-order valence-electron chi connectivity index (χ0n) is 11.8. The normalized spacial score (nSPS) is 21.2. The molecule has 1 aromatic carbocycles. The van der Waals surface area contributed by atoms with Crippen molar-refractivity contribution in [1.82, 2.24) is 4.90 Å². The van der Waals surface area contributed by atoms with Crippen molar-refractivity contribution in [2.45, 2.75) is 44.6 Å². The van der Waals surface area contributed by atoms with Crippen molar-refractivity contribution in [3.63, 3.8) is 0 Å². The van der Waals surface area contributed by atoms with E-state index in [1.165, 1.54) is 36.8 Å². The van der Waals surface area contributed by atoms with E-state index >= 15 is 0 Å². The number of halogens is 1. The summed E-state index contributed by atoms with van der Waals surface area (Å²) in [6.45, 7) is 1.55. The van der Waals surface area contributed by atoms with Gasteiger partial charge in [0.05, 0.1) is 6.42 Å². The quantitative estimate of drug-likeness (QED) is 0.908. The second kappa shape index (κ2) is 6.59. The van der Waals surface area contributed by atoms with Gasteiger partial charge in [-0.25, -0.2) is 0 Å².